The second kappa shape index (κ2) is 8.39. The molecule has 2 aromatic carbocycles. The number of nitrogens with one attached hydrogen (secondary N) is 1. The maximum absolute atomic E-state index is 12.5. The van der Waals surface area contributed by atoms with E-state index in [2.05, 4.69) is 15.3 Å². The van der Waals surface area contributed by atoms with E-state index in [0.29, 0.717) is 28.4 Å². The van der Waals surface area contributed by atoms with Gasteiger partial charge in [0, 0.05) is 29.5 Å². The van der Waals surface area contributed by atoms with Crippen molar-refractivity contribution in [2.75, 3.05) is 6.54 Å². The lowest BCUT2D eigenvalue weighted by Gasteiger charge is -2.08. The minimum atomic E-state index is -4.36. The highest BCUT2D eigenvalue weighted by Crippen LogP contribution is 2.29. The highest BCUT2D eigenvalue weighted by molar-refractivity contribution is 6.30. The number of rotatable bonds is 5. The summed E-state index contributed by atoms with van der Waals surface area (Å²) in [4.78, 5) is 20.5. The smallest absolute Gasteiger partial charge is 0.352 e. The van der Waals surface area contributed by atoms with Crippen molar-refractivity contribution in [1.29, 1.82) is 0 Å². The van der Waals surface area contributed by atoms with Crippen LogP contribution >= 0.6 is 11.6 Å². The third-order valence-electron chi connectivity index (χ3n) is 4.00. The van der Waals surface area contributed by atoms with E-state index in [1.54, 1.807) is 24.3 Å². The summed E-state index contributed by atoms with van der Waals surface area (Å²) in [6, 6.07) is 11.9. The van der Waals surface area contributed by atoms with Crippen LogP contribution in [0.5, 0.6) is 0 Å². The van der Waals surface area contributed by atoms with E-state index in [4.69, 9.17) is 11.6 Å². The Labute approximate surface area is 164 Å². The second-order valence-corrected chi connectivity index (χ2v) is 6.44. The Balaban J connectivity index is 1.54. The molecule has 28 heavy (non-hydrogen) atoms. The quantitative estimate of drug-likeness (QED) is 0.664. The largest absolute Gasteiger partial charge is 0.416 e. The number of halogens is 4. The number of carbonyl (C=O) groups is 1. The Hall–Kier alpha value is -2.93. The lowest BCUT2D eigenvalue weighted by Crippen LogP contribution is -2.26. The van der Waals surface area contributed by atoms with Crippen molar-refractivity contribution in [3.63, 3.8) is 0 Å². The summed E-state index contributed by atoms with van der Waals surface area (Å²) in [6.45, 7) is 0.281. The molecular weight excluding hydrogens is 391 g/mol. The van der Waals surface area contributed by atoms with Crippen LogP contribution < -0.4 is 5.32 Å². The summed E-state index contributed by atoms with van der Waals surface area (Å²) in [6.07, 6.45) is -1.10. The van der Waals surface area contributed by atoms with Crippen LogP contribution in [0, 0.1) is 0 Å². The van der Waals surface area contributed by atoms with Crippen molar-refractivity contribution in [1.82, 2.24) is 15.3 Å². The molecule has 144 valence electrons. The molecule has 0 radical (unpaired) electrons. The van der Waals surface area contributed by atoms with E-state index in [0.717, 1.165) is 17.7 Å². The van der Waals surface area contributed by atoms with Crippen LogP contribution in [0.3, 0.4) is 0 Å². The predicted octanol–water partition coefficient (Wildman–Crippen LogP) is 4.79. The Kier molecular flexibility index (Phi) is 5.94. The van der Waals surface area contributed by atoms with E-state index >= 15 is 0 Å². The van der Waals surface area contributed by atoms with Crippen molar-refractivity contribution >= 4 is 17.5 Å². The van der Waals surface area contributed by atoms with Crippen molar-refractivity contribution in [3.8, 4) is 11.4 Å². The molecule has 3 rings (SSSR count). The van der Waals surface area contributed by atoms with Gasteiger partial charge in [0.1, 0.15) is 0 Å². The molecule has 1 heterocycles. The summed E-state index contributed by atoms with van der Waals surface area (Å²) in [5.74, 6) is 0.118. The van der Waals surface area contributed by atoms with E-state index in [-0.39, 0.29) is 12.5 Å². The van der Waals surface area contributed by atoms with Crippen LogP contribution in [0.25, 0.3) is 11.4 Å². The monoisotopic (exact) mass is 405 g/mol. The number of amides is 1. The molecule has 0 bridgehead atoms. The van der Waals surface area contributed by atoms with E-state index in [1.165, 1.54) is 24.5 Å². The molecule has 1 aromatic heterocycles. The van der Waals surface area contributed by atoms with Gasteiger partial charge in [-0.2, -0.15) is 13.2 Å². The van der Waals surface area contributed by atoms with Crippen LogP contribution in [-0.2, 0) is 12.6 Å². The van der Waals surface area contributed by atoms with Gasteiger partial charge in [0.2, 0.25) is 0 Å². The fourth-order valence-corrected chi connectivity index (χ4v) is 2.60. The minimum Gasteiger partial charge on any atom is -0.352 e. The zero-order valence-electron chi connectivity index (χ0n) is 14.5. The van der Waals surface area contributed by atoms with Crippen LogP contribution in [0.15, 0.2) is 60.9 Å². The zero-order chi connectivity index (χ0) is 20.1. The maximum Gasteiger partial charge on any atom is 0.416 e. The molecule has 3 aromatic rings. The van der Waals surface area contributed by atoms with Crippen molar-refractivity contribution in [2.24, 2.45) is 0 Å². The van der Waals surface area contributed by atoms with Gasteiger partial charge in [0.05, 0.1) is 11.1 Å². The Morgan fingerprint density at radius 2 is 1.57 bits per heavy atom. The van der Waals surface area contributed by atoms with Gasteiger partial charge in [-0.3, -0.25) is 4.79 Å². The van der Waals surface area contributed by atoms with E-state index in [1.807, 2.05) is 0 Å². The summed E-state index contributed by atoms with van der Waals surface area (Å²) in [5.41, 5.74) is 1.07. The fourth-order valence-electron chi connectivity index (χ4n) is 2.48. The first-order chi connectivity index (χ1) is 13.3. The number of hydrogen-bond acceptors (Lipinski definition) is 3. The van der Waals surface area contributed by atoms with Crippen LogP contribution in [0.4, 0.5) is 13.2 Å². The molecule has 0 spiro atoms. The van der Waals surface area contributed by atoms with Crippen LogP contribution in [-0.4, -0.2) is 22.4 Å². The Bertz CT molecular complexity index is 940. The molecule has 0 aliphatic carbocycles. The highest BCUT2D eigenvalue weighted by Gasteiger charge is 2.29. The molecule has 0 aliphatic heterocycles. The van der Waals surface area contributed by atoms with Crippen LogP contribution in [0.1, 0.15) is 21.5 Å². The lowest BCUT2D eigenvalue weighted by atomic mass is 10.1. The van der Waals surface area contributed by atoms with Gasteiger partial charge in [0.25, 0.3) is 5.91 Å². The first-order valence-electron chi connectivity index (χ1n) is 8.35. The molecule has 0 atom stereocenters. The number of hydrogen-bond donors (Lipinski definition) is 1. The first kappa shape index (κ1) is 19.8. The summed E-state index contributed by atoms with van der Waals surface area (Å²) in [7, 11) is 0. The molecule has 0 unspecified atom stereocenters. The summed E-state index contributed by atoms with van der Waals surface area (Å²) in [5, 5.41) is 3.30. The minimum absolute atomic E-state index is 0.281. The van der Waals surface area contributed by atoms with Crippen molar-refractivity contribution in [3.05, 3.63) is 82.6 Å². The van der Waals surface area contributed by atoms with Gasteiger partial charge in [0.15, 0.2) is 5.82 Å². The second-order valence-electron chi connectivity index (χ2n) is 6.00. The number of benzene rings is 2. The first-order valence-corrected chi connectivity index (χ1v) is 8.73. The molecule has 8 heteroatoms. The Morgan fingerprint density at radius 1 is 0.964 bits per heavy atom. The molecule has 1 N–H and O–H groups in total. The number of carbonyl (C=O) groups excluding carboxylic acids is 1. The normalized spacial score (nSPS) is 11.3. The molecule has 0 aliphatic rings. The number of aromatic nitrogens is 2. The number of alkyl halides is 3. The average Bonchev–Trinajstić information content (AvgIpc) is 2.68. The highest BCUT2D eigenvalue weighted by atomic mass is 35.5. The topological polar surface area (TPSA) is 54.9 Å². The molecule has 0 fully saturated rings. The van der Waals surface area contributed by atoms with Crippen molar-refractivity contribution < 1.29 is 18.0 Å². The molecule has 4 nitrogen and oxygen atoms in total. The molecule has 0 saturated carbocycles. The van der Waals surface area contributed by atoms with Gasteiger partial charge >= 0.3 is 6.18 Å². The summed E-state index contributed by atoms with van der Waals surface area (Å²) >= 11 is 5.84. The van der Waals surface area contributed by atoms with Gasteiger partial charge in [-0.25, -0.2) is 9.97 Å². The zero-order valence-corrected chi connectivity index (χ0v) is 15.3. The van der Waals surface area contributed by atoms with Crippen molar-refractivity contribution in [2.45, 2.75) is 12.6 Å². The molecular formula is C20H15ClF3N3O. The van der Waals surface area contributed by atoms with Crippen LogP contribution in [0.2, 0.25) is 5.02 Å². The van der Waals surface area contributed by atoms with Gasteiger partial charge < -0.3 is 5.32 Å². The lowest BCUT2D eigenvalue weighted by molar-refractivity contribution is -0.137. The fraction of sp³-hybridized carbons (Fsp3) is 0.150. The van der Waals surface area contributed by atoms with E-state index < -0.39 is 11.7 Å². The third-order valence-corrected chi connectivity index (χ3v) is 4.25. The predicted molar refractivity (Wildman–Crippen MR) is 100.0 cm³/mol. The maximum atomic E-state index is 12.5. The summed E-state index contributed by atoms with van der Waals surface area (Å²) < 4.78 is 37.6. The van der Waals surface area contributed by atoms with E-state index in [9.17, 15) is 18.0 Å². The van der Waals surface area contributed by atoms with Gasteiger partial charge in [-0.15, -0.1) is 0 Å². The SMILES string of the molecule is O=C(NCCc1ccc(C(F)(F)F)cc1)c1cnc(-c2ccc(Cl)cc2)nc1. The standard InChI is InChI=1S/C20H15ClF3N3O/c21-17-7-3-14(4-8-17)18-26-11-15(12-27-18)19(28)25-10-9-13-1-5-16(6-2-13)20(22,23)24/h1-8,11-12H,9-10H2,(H,25,28). The van der Waals surface area contributed by atoms with Gasteiger partial charge in [-0.1, -0.05) is 23.7 Å². The molecule has 0 saturated heterocycles. The third kappa shape index (κ3) is 5.07. The average molecular weight is 406 g/mol. The van der Waals surface area contributed by atoms with Gasteiger partial charge in [-0.05, 0) is 48.4 Å². The number of nitrogens with zero attached hydrogens (tertiary/aromatic N) is 2. The Morgan fingerprint density at radius 3 is 2.14 bits per heavy atom. The molecule has 1 amide bonds.